The molecule has 1 aromatic rings. The molecule has 132 valence electrons. The number of rotatable bonds is 4. The maximum absolute atomic E-state index is 10.7. The molecule has 3 atom stereocenters. The first kappa shape index (κ1) is 17.3. The van der Waals surface area contributed by atoms with Crippen LogP contribution in [0.4, 0.5) is 0 Å². The highest BCUT2D eigenvalue weighted by Gasteiger charge is 2.49. The summed E-state index contributed by atoms with van der Waals surface area (Å²) in [4.78, 5) is 0. The van der Waals surface area contributed by atoms with Crippen LogP contribution in [-0.2, 0) is 6.42 Å². The first-order chi connectivity index (χ1) is 11.3. The van der Waals surface area contributed by atoms with Gasteiger partial charge in [0.15, 0.2) is 0 Å². The van der Waals surface area contributed by atoms with Crippen LogP contribution in [0.2, 0.25) is 0 Å². The third kappa shape index (κ3) is 3.06. The number of aliphatic hydroxyl groups excluding tert-OH is 1. The van der Waals surface area contributed by atoms with E-state index in [1.165, 1.54) is 18.4 Å². The van der Waals surface area contributed by atoms with Crippen molar-refractivity contribution in [2.75, 3.05) is 0 Å². The number of allylic oxidation sites excluding steroid dienone is 1. The van der Waals surface area contributed by atoms with Gasteiger partial charge >= 0.3 is 0 Å². The number of aliphatic hydroxyl groups is 1. The number of ether oxygens (including phenoxy) is 1. The van der Waals surface area contributed by atoms with Gasteiger partial charge in [-0.1, -0.05) is 31.4 Å². The number of benzene rings is 1. The first-order valence-electron chi connectivity index (χ1n) is 9.23. The molecule has 0 saturated carbocycles. The van der Waals surface area contributed by atoms with Crippen molar-refractivity contribution in [3.05, 3.63) is 34.9 Å². The summed E-state index contributed by atoms with van der Waals surface area (Å²) in [5, 5.41) is 21.3. The average Bonchev–Trinajstić information content (AvgIpc) is 2.44. The third-order valence-corrected chi connectivity index (χ3v) is 5.59. The van der Waals surface area contributed by atoms with Gasteiger partial charge in [-0.25, -0.2) is 0 Å². The quantitative estimate of drug-likeness (QED) is 0.621. The van der Waals surface area contributed by atoms with Gasteiger partial charge in [-0.3, -0.25) is 0 Å². The number of phenols is 1. The van der Waals surface area contributed by atoms with E-state index in [0.29, 0.717) is 5.75 Å². The lowest BCUT2D eigenvalue weighted by Crippen LogP contribution is -2.51. The molecule has 3 nitrogen and oxygen atoms in total. The van der Waals surface area contributed by atoms with Crippen LogP contribution in [-0.4, -0.2) is 21.9 Å². The van der Waals surface area contributed by atoms with Crippen molar-refractivity contribution in [3.8, 4) is 11.5 Å². The number of hydrogen-bond donors (Lipinski definition) is 2. The van der Waals surface area contributed by atoms with Crippen LogP contribution in [0.15, 0.2) is 23.8 Å². The second-order valence-electron chi connectivity index (χ2n) is 8.03. The number of aryl methyl sites for hydroxylation is 1. The Balaban J connectivity index is 2.00. The van der Waals surface area contributed by atoms with Crippen molar-refractivity contribution in [2.45, 2.75) is 77.4 Å². The van der Waals surface area contributed by atoms with Crippen molar-refractivity contribution in [1.29, 1.82) is 0 Å². The van der Waals surface area contributed by atoms with Crippen LogP contribution in [0, 0.1) is 5.92 Å². The molecule has 0 amide bonds. The number of phenolic OH excluding ortho intramolecular Hbond substituents is 1. The zero-order valence-electron chi connectivity index (χ0n) is 15.3. The molecule has 0 saturated heterocycles. The van der Waals surface area contributed by atoms with Gasteiger partial charge in [-0.2, -0.15) is 0 Å². The minimum absolute atomic E-state index is 0.0365. The van der Waals surface area contributed by atoms with Crippen molar-refractivity contribution in [1.82, 2.24) is 0 Å². The molecule has 2 N–H and O–H groups in total. The van der Waals surface area contributed by atoms with Gasteiger partial charge in [-0.05, 0) is 57.7 Å². The molecule has 0 spiro atoms. The maximum atomic E-state index is 10.7. The molecular weight excluding hydrogens is 300 g/mol. The fraction of sp³-hybridized carbons (Fsp3) is 0.619. The lowest BCUT2D eigenvalue weighted by Gasteiger charge is -2.48. The standard InChI is InChI=1S/C21H30O3/c1-5-6-7-8-14-11-16(22)19-15-9-13(2)10-17(23)20(15)21(3,4)24-18(19)12-14/h10-12,15,17,20,22-23H,5-9H2,1-4H3/t15-,17+,20+/m0/s1. The molecule has 0 aromatic heterocycles. The molecule has 0 unspecified atom stereocenters. The van der Waals surface area contributed by atoms with Crippen LogP contribution in [0.5, 0.6) is 11.5 Å². The fourth-order valence-electron chi connectivity index (χ4n) is 4.55. The van der Waals surface area contributed by atoms with Crippen molar-refractivity contribution < 1.29 is 14.9 Å². The van der Waals surface area contributed by atoms with E-state index in [4.69, 9.17) is 4.74 Å². The summed E-state index contributed by atoms with van der Waals surface area (Å²) >= 11 is 0. The topological polar surface area (TPSA) is 49.7 Å². The van der Waals surface area contributed by atoms with Gasteiger partial charge in [0, 0.05) is 17.4 Å². The highest BCUT2D eigenvalue weighted by atomic mass is 16.5. The van der Waals surface area contributed by atoms with Gasteiger partial charge in [0.1, 0.15) is 17.1 Å². The summed E-state index contributed by atoms with van der Waals surface area (Å²) in [5.41, 5.74) is 2.74. The number of aromatic hydroxyl groups is 1. The fourth-order valence-corrected chi connectivity index (χ4v) is 4.55. The zero-order valence-corrected chi connectivity index (χ0v) is 15.3. The normalized spacial score (nSPS) is 27.7. The summed E-state index contributed by atoms with van der Waals surface area (Å²) in [6.07, 6.45) is 6.76. The SMILES string of the molecule is CCCCCc1cc(O)c2c(c1)OC(C)(C)[C@H]1[C@H](O)C=C(C)C[C@@H]21. The predicted molar refractivity (Wildman–Crippen MR) is 96.7 cm³/mol. The molecule has 1 aliphatic carbocycles. The monoisotopic (exact) mass is 330 g/mol. The van der Waals surface area contributed by atoms with Crippen LogP contribution in [0.1, 0.15) is 70.4 Å². The Hall–Kier alpha value is -1.48. The summed E-state index contributed by atoms with van der Waals surface area (Å²) in [5.74, 6) is 1.19. The Kier molecular flexibility index (Phi) is 4.65. The largest absolute Gasteiger partial charge is 0.508 e. The molecule has 0 radical (unpaired) electrons. The van der Waals surface area contributed by atoms with Crippen LogP contribution in [0.25, 0.3) is 0 Å². The average molecular weight is 330 g/mol. The third-order valence-electron chi connectivity index (χ3n) is 5.59. The minimum Gasteiger partial charge on any atom is -0.508 e. The predicted octanol–water partition coefficient (Wildman–Crippen LogP) is 4.71. The van der Waals surface area contributed by atoms with Crippen LogP contribution >= 0.6 is 0 Å². The summed E-state index contributed by atoms with van der Waals surface area (Å²) in [7, 11) is 0. The summed E-state index contributed by atoms with van der Waals surface area (Å²) in [6.45, 7) is 8.34. The Morgan fingerprint density at radius 2 is 2.00 bits per heavy atom. The van der Waals surface area contributed by atoms with Gasteiger partial charge in [0.25, 0.3) is 0 Å². The van der Waals surface area contributed by atoms with Crippen molar-refractivity contribution in [2.24, 2.45) is 5.92 Å². The lowest BCUT2D eigenvalue weighted by atomic mass is 9.66. The maximum Gasteiger partial charge on any atom is 0.127 e. The molecule has 3 rings (SSSR count). The van der Waals surface area contributed by atoms with Crippen LogP contribution in [0.3, 0.4) is 0 Å². The van der Waals surface area contributed by atoms with Gasteiger partial charge in [0.2, 0.25) is 0 Å². The van der Waals surface area contributed by atoms with Gasteiger partial charge in [0.05, 0.1) is 6.10 Å². The van der Waals surface area contributed by atoms with E-state index < -0.39 is 11.7 Å². The van der Waals surface area contributed by atoms with Gasteiger partial charge in [-0.15, -0.1) is 0 Å². The summed E-state index contributed by atoms with van der Waals surface area (Å²) in [6, 6.07) is 4.00. The Morgan fingerprint density at radius 1 is 1.25 bits per heavy atom. The van der Waals surface area contributed by atoms with E-state index >= 15 is 0 Å². The highest BCUT2D eigenvalue weighted by molar-refractivity contribution is 5.53. The molecule has 1 heterocycles. The van der Waals surface area contributed by atoms with Gasteiger partial charge < -0.3 is 14.9 Å². The second-order valence-corrected chi connectivity index (χ2v) is 8.03. The van der Waals surface area contributed by atoms with E-state index in [2.05, 4.69) is 19.9 Å². The van der Waals surface area contributed by atoms with Crippen molar-refractivity contribution in [3.63, 3.8) is 0 Å². The molecule has 2 aliphatic rings. The Bertz CT molecular complexity index is 645. The zero-order chi connectivity index (χ0) is 17.5. The van der Waals surface area contributed by atoms with Crippen LogP contribution < -0.4 is 4.74 Å². The molecule has 1 aliphatic heterocycles. The molecule has 1 aromatic carbocycles. The van der Waals surface area contributed by atoms with E-state index in [9.17, 15) is 10.2 Å². The van der Waals surface area contributed by atoms with E-state index in [1.807, 2.05) is 26.0 Å². The second kappa shape index (κ2) is 6.44. The lowest BCUT2D eigenvalue weighted by molar-refractivity contribution is -0.0457. The van der Waals surface area contributed by atoms with E-state index in [-0.39, 0.29) is 11.8 Å². The molecular formula is C21H30O3. The highest BCUT2D eigenvalue weighted by Crippen LogP contribution is 2.54. The molecule has 24 heavy (non-hydrogen) atoms. The van der Waals surface area contributed by atoms with E-state index in [0.717, 1.165) is 36.1 Å². The number of unbranched alkanes of at least 4 members (excludes halogenated alkanes) is 2. The Labute approximate surface area is 145 Å². The molecule has 0 bridgehead atoms. The molecule has 0 fully saturated rings. The first-order valence-corrected chi connectivity index (χ1v) is 9.23. The van der Waals surface area contributed by atoms with Crippen molar-refractivity contribution >= 4 is 0 Å². The van der Waals surface area contributed by atoms with E-state index in [1.54, 1.807) is 0 Å². The molecule has 3 heteroatoms. The summed E-state index contributed by atoms with van der Waals surface area (Å²) < 4.78 is 6.27. The number of fused-ring (bicyclic) bond motifs is 3. The minimum atomic E-state index is -0.532. The Morgan fingerprint density at radius 3 is 2.71 bits per heavy atom. The smallest absolute Gasteiger partial charge is 0.127 e. The number of hydrogen-bond acceptors (Lipinski definition) is 3.